The minimum atomic E-state index is -4.06. The summed E-state index contributed by atoms with van der Waals surface area (Å²) in [5.41, 5.74) is 4.05. The molecule has 2 aromatic rings. The summed E-state index contributed by atoms with van der Waals surface area (Å²) in [6, 6.07) is 9.51. The molecule has 134 valence electrons. The summed E-state index contributed by atoms with van der Waals surface area (Å²) >= 11 is 11.6. The van der Waals surface area contributed by atoms with Gasteiger partial charge in [-0.2, -0.15) is 0 Å². The van der Waals surface area contributed by atoms with Gasteiger partial charge in [-0.15, -0.1) is 4.83 Å². The number of hydrazine groups is 1. The molecular weight excluding hydrogens is 387 g/mol. The first-order valence-corrected chi connectivity index (χ1v) is 9.38. The molecule has 0 aliphatic heterocycles. The normalized spacial score (nSPS) is 11.2. The molecule has 2 aromatic carbocycles. The fourth-order valence-electron chi connectivity index (χ4n) is 2.06. The second-order valence-electron chi connectivity index (χ2n) is 5.34. The third kappa shape index (κ3) is 5.61. The van der Waals surface area contributed by atoms with Crippen LogP contribution in [0.2, 0.25) is 10.0 Å². The van der Waals surface area contributed by atoms with Crippen molar-refractivity contribution in [1.82, 2.24) is 10.3 Å². The van der Waals surface area contributed by atoms with Crippen LogP contribution in [0.25, 0.3) is 0 Å². The first-order chi connectivity index (χ1) is 11.7. The Hall–Kier alpha value is -1.80. The fraction of sp³-hybridized carbons (Fsp3) is 0.188. The van der Waals surface area contributed by atoms with Gasteiger partial charge in [0.2, 0.25) is 0 Å². The third-order valence-corrected chi connectivity index (χ3v) is 5.04. The van der Waals surface area contributed by atoms with E-state index in [0.29, 0.717) is 5.75 Å². The molecule has 0 aromatic heterocycles. The molecule has 1 amide bonds. The number of nitrogens with one attached hydrogen (secondary N) is 2. The first-order valence-electron chi connectivity index (χ1n) is 7.14. The summed E-state index contributed by atoms with van der Waals surface area (Å²) in [7, 11) is -4.06. The molecule has 0 saturated heterocycles. The van der Waals surface area contributed by atoms with E-state index in [4.69, 9.17) is 27.9 Å². The maximum absolute atomic E-state index is 12.2. The van der Waals surface area contributed by atoms with Crippen LogP contribution in [0.15, 0.2) is 41.3 Å². The van der Waals surface area contributed by atoms with Crippen LogP contribution in [-0.4, -0.2) is 20.9 Å². The minimum absolute atomic E-state index is 0.0161. The predicted octanol–water partition coefficient (Wildman–Crippen LogP) is 3.00. The fourth-order valence-corrected chi connectivity index (χ4v) is 3.69. The van der Waals surface area contributed by atoms with Crippen molar-refractivity contribution >= 4 is 39.1 Å². The number of carbonyl (C=O) groups is 1. The van der Waals surface area contributed by atoms with Gasteiger partial charge >= 0.3 is 0 Å². The summed E-state index contributed by atoms with van der Waals surface area (Å²) in [6.45, 7) is 3.46. The molecule has 0 saturated carbocycles. The van der Waals surface area contributed by atoms with Crippen molar-refractivity contribution in [3.05, 3.63) is 57.6 Å². The number of sulfonamides is 1. The number of carbonyl (C=O) groups excluding carboxylic acids is 1. The number of ether oxygens (including phenoxy) is 1. The van der Waals surface area contributed by atoms with Gasteiger partial charge in [-0.05, 0) is 55.3 Å². The molecular formula is C16H16Cl2N2O4S. The highest BCUT2D eigenvalue weighted by Gasteiger charge is 2.19. The first kappa shape index (κ1) is 19.5. The van der Waals surface area contributed by atoms with Crippen LogP contribution in [0.4, 0.5) is 0 Å². The average molecular weight is 403 g/mol. The van der Waals surface area contributed by atoms with Crippen molar-refractivity contribution in [3.8, 4) is 5.75 Å². The summed E-state index contributed by atoms with van der Waals surface area (Å²) in [5.74, 6) is -0.144. The maximum Gasteiger partial charge on any atom is 0.272 e. The zero-order valence-electron chi connectivity index (χ0n) is 13.5. The van der Waals surface area contributed by atoms with E-state index in [1.807, 2.05) is 24.7 Å². The topological polar surface area (TPSA) is 84.5 Å². The average Bonchev–Trinajstić information content (AvgIpc) is 2.52. The van der Waals surface area contributed by atoms with Gasteiger partial charge in [-0.1, -0.05) is 29.3 Å². The molecule has 0 atom stereocenters. The molecule has 6 nitrogen and oxygen atoms in total. The van der Waals surface area contributed by atoms with Crippen molar-refractivity contribution < 1.29 is 17.9 Å². The molecule has 0 aliphatic rings. The number of rotatable bonds is 6. The molecule has 0 spiro atoms. The molecule has 0 fully saturated rings. The molecule has 2 N–H and O–H groups in total. The van der Waals surface area contributed by atoms with Gasteiger partial charge in [0.05, 0.1) is 5.02 Å². The lowest BCUT2D eigenvalue weighted by Gasteiger charge is -2.11. The predicted molar refractivity (Wildman–Crippen MR) is 96.3 cm³/mol. The standard InChI is InChI=1S/C16H16Cl2N2O4S/c1-10-5-11(2)7-13(6-10)24-9-16(21)19-20-25(22,23)15-8-12(17)3-4-14(15)18/h3-8,20H,9H2,1-2H3,(H,19,21). The van der Waals surface area contributed by atoms with Gasteiger partial charge in [0, 0.05) is 5.02 Å². The van der Waals surface area contributed by atoms with Crippen LogP contribution in [0, 0.1) is 13.8 Å². The van der Waals surface area contributed by atoms with Crippen molar-refractivity contribution in [2.24, 2.45) is 0 Å². The Kier molecular flexibility index (Phi) is 6.29. The summed E-state index contributed by atoms with van der Waals surface area (Å²) in [4.78, 5) is 13.5. The third-order valence-electron chi connectivity index (χ3n) is 3.07. The molecule has 25 heavy (non-hydrogen) atoms. The highest BCUT2D eigenvalue weighted by molar-refractivity contribution is 7.89. The zero-order chi connectivity index (χ0) is 18.6. The number of halogens is 2. The van der Waals surface area contributed by atoms with Gasteiger partial charge in [0.25, 0.3) is 15.9 Å². The van der Waals surface area contributed by atoms with E-state index < -0.39 is 15.9 Å². The highest BCUT2D eigenvalue weighted by atomic mass is 35.5. The molecule has 0 unspecified atom stereocenters. The molecule has 0 bridgehead atoms. The van der Waals surface area contributed by atoms with Gasteiger partial charge < -0.3 is 4.74 Å². The number of hydrogen-bond donors (Lipinski definition) is 2. The van der Waals surface area contributed by atoms with E-state index in [0.717, 1.165) is 11.1 Å². The van der Waals surface area contributed by atoms with Crippen LogP contribution in [0.5, 0.6) is 5.75 Å². The smallest absolute Gasteiger partial charge is 0.272 e. The van der Waals surface area contributed by atoms with Gasteiger partial charge in [-0.3, -0.25) is 10.2 Å². The lowest BCUT2D eigenvalue weighted by atomic mass is 10.1. The van der Waals surface area contributed by atoms with E-state index >= 15 is 0 Å². The van der Waals surface area contributed by atoms with Crippen molar-refractivity contribution in [1.29, 1.82) is 0 Å². The SMILES string of the molecule is Cc1cc(C)cc(OCC(=O)NNS(=O)(=O)c2cc(Cl)ccc2Cl)c1. The van der Waals surface area contributed by atoms with Crippen LogP contribution < -0.4 is 15.0 Å². The Bertz CT molecular complexity index is 881. The van der Waals surface area contributed by atoms with E-state index in [-0.39, 0.29) is 21.5 Å². The monoisotopic (exact) mass is 402 g/mol. The van der Waals surface area contributed by atoms with Crippen molar-refractivity contribution in [2.45, 2.75) is 18.7 Å². The molecule has 2 rings (SSSR count). The van der Waals surface area contributed by atoms with E-state index in [1.165, 1.54) is 18.2 Å². The minimum Gasteiger partial charge on any atom is -0.484 e. The van der Waals surface area contributed by atoms with Crippen molar-refractivity contribution in [3.63, 3.8) is 0 Å². The quantitative estimate of drug-likeness (QED) is 0.727. The largest absolute Gasteiger partial charge is 0.484 e. The number of benzene rings is 2. The molecule has 0 radical (unpaired) electrons. The summed E-state index contributed by atoms with van der Waals surface area (Å²) in [6.07, 6.45) is 0. The van der Waals surface area contributed by atoms with Crippen LogP contribution in [0.1, 0.15) is 11.1 Å². The zero-order valence-corrected chi connectivity index (χ0v) is 15.8. The second kappa shape index (κ2) is 8.05. The summed E-state index contributed by atoms with van der Waals surface area (Å²) < 4.78 is 29.7. The Morgan fingerprint density at radius 3 is 2.36 bits per heavy atom. The second-order valence-corrected chi connectivity index (χ2v) is 7.83. The Morgan fingerprint density at radius 2 is 1.72 bits per heavy atom. The van der Waals surface area contributed by atoms with E-state index in [1.54, 1.807) is 12.1 Å². The maximum atomic E-state index is 12.2. The Labute approximate surface area is 156 Å². The number of hydrogen-bond acceptors (Lipinski definition) is 4. The van der Waals surface area contributed by atoms with Crippen LogP contribution >= 0.6 is 23.2 Å². The number of aryl methyl sites for hydroxylation is 2. The van der Waals surface area contributed by atoms with E-state index in [9.17, 15) is 13.2 Å². The molecule has 0 heterocycles. The highest BCUT2D eigenvalue weighted by Crippen LogP contribution is 2.24. The lowest BCUT2D eigenvalue weighted by Crippen LogP contribution is -2.43. The van der Waals surface area contributed by atoms with Crippen molar-refractivity contribution in [2.75, 3.05) is 6.61 Å². The van der Waals surface area contributed by atoms with Gasteiger partial charge in [-0.25, -0.2) is 8.42 Å². The summed E-state index contributed by atoms with van der Waals surface area (Å²) in [5, 5.41) is 0.187. The van der Waals surface area contributed by atoms with E-state index in [2.05, 4.69) is 5.43 Å². The lowest BCUT2D eigenvalue weighted by molar-refractivity contribution is -0.123. The van der Waals surface area contributed by atoms with Gasteiger partial charge in [0.15, 0.2) is 6.61 Å². The molecule has 9 heteroatoms. The van der Waals surface area contributed by atoms with Gasteiger partial charge in [0.1, 0.15) is 10.6 Å². The van der Waals surface area contributed by atoms with Crippen LogP contribution in [-0.2, 0) is 14.8 Å². The number of amides is 1. The van der Waals surface area contributed by atoms with Crippen LogP contribution in [0.3, 0.4) is 0 Å². The Balaban J connectivity index is 1.96. The Morgan fingerprint density at radius 1 is 1.08 bits per heavy atom. The molecule has 0 aliphatic carbocycles.